The molecule has 4 nitrogen and oxygen atoms in total. The molecule has 0 radical (unpaired) electrons. The standard InChI is InChI=1S/C9H16N4/c10-4-5-13-7-11-12-9(13)6-8-2-1-3-8/h7-8H,1-6,10H2. The van der Waals surface area contributed by atoms with Gasteiger partial charge in [-0.3, -0.25) is 0 Å². The zero-order chi connectivity index (χ0) is 9.10. The van der Waals surface area contributed by atoms with Crippen LogP contribution in [0.4, 0.5) is 0 Å². The summed E-state index contributed by atoms with van der Waals surface area (Å²) in [5.41, 5.74) is 5.49. The van der Waals surface area contributed by atoms with Crippen molar-refractivity contribution in [3.63, 3.8) is 0 Å². The molecule has 72 valence electrons. The van der Waals surface area contributed by atoms with E-state index < -0.39 is 0 Å². The molecule has 0 aliphatic heterocycles. The lowest BCUT2D eigenvalue weighted by Crippen LogP contribution is -2.18. The first kappa shape index (κ1) is 8.69. The molecule has 1 heterocycles. The van der Waals surface area contributed by atoms with Gasteiger partial charge in [0.2, 0.25) is 0 Å². The Bertz CT molecular complexity index is 264. The van der Waals surface area contributed by atoms with E-state index in [0.717, 1.165) is 24.7 Å². The summed E-state index contributed by atoms with van der Waals surface area (Å²) in [6.07, 6.45) is 6.96. The Kier molecular flexibility index (Phi) is 2.59. The van der Waals surface area contributed by atoms with Crippen molar-refractivity contribution in [3.05, 3.63) is 12.2 Å². The van der Waals surface area contributed by atoms with Crippen molar-refractivity contribution in [1.82, 2.24) is 14.8 Å². The first-order chi connectivity index (χ1) is 6.40. The highest BCUT2D eigenvalue weighted by molar-refractivity contribution is 4.90. The van der Waals surface area contributed by atoms with Crippen LogP contribution in [0.25, 0.3) is 0 Å². The maximum atomic E-state index is 5.49. The molecule has 4 heteroatoms. The van der Waals surface area contributed by atoms with Crippen LogP contribution in [-0.4, -0.2) is 21.3 Å². The third-order valence-electron chi connectivity index (χ3n) is 2.76. The van der Waals surface area contributed by atoms with E-state index in [0.29, 0.717) is 6.54 Å². The maximum absolute atomic E-state index is 5.49. The Morgan fingerprint density at radius 2 is 2.38 bits per heavy atom. The van der Waals surface area contributed by atoms with Gasteiger partial charge in [0.15, 0.2) is 0 Å². The average Bonchev–Trinajstić information content (AvgIpc) is 2.46. The molecule has 13 heavy (non-hydrogen) atoms. The topological polar surface area (TPSA) is 56.7 Å². The number of rotatable bonds is 4. The predicted molar refractivity (Wildman–Crippen MR) is 50.1 cm³/mol. The van der Waals surface area contributed by atoms with Crippen LogP contribution in [-0.2, 0) is 13.0 Å². The highest BCUT2D eigenvalue weighted by Crippen LogP contribution is 2.28. The Balaban J connectivity index is 1.96. The highest BCUT2D eigenvalue weighted by Gasteiger charge is 2.19. The zero-order valence-corrected chi connectivity index (χ0v) is 7.82. The van der Waals surface area contributed by atoms with Crippen molar-refractivity contribution >= 4 is 0 Å². The molecule has 0 spiro atoms. The van der Waals surface area contributed by atoms with Gasteiger partial charge >= 0.3 is 0 Å². The Morgan fingerprint density at radius 3 is 3.00 bits per heavy atom. The van der Waals surface area contributed by atoms with Gasteiger partial charge in [0, 0.05) is 19.5 Å². The van der Waals surface area contributed by atoms with Crippen LogP contribution in [0.3, 0.4) is 0 Å². The zero-order valence-electron chi connectivity index (χ0n) is 7.82. The molecule has 0 saturated heterocycles. The van der Waals surface area contributed by atoms with Gasteiger partial charge in [-0.05, 0) is 5.92 Å². The van der Waals surface area contributed by atoms with E-state index in [2.05, 4.69) is 14.8 Å². The van der Waals surface area contributed by atoms with Crippen molar-refractivity contribution in [1.29, 1.82) is 0 Å². The van der Waals surface area contributed by atoms with Crippen LogP contribution in [0.15, 0.2) is 6.33 Å². The fourth-order valence-electron chi connectivity index (χ4n) is 1.72. The molecular weight excluding hydrogens is 164 g/mol. The summed E-state index contributed by atoms with van der Waals surface area (Å²) in [5.74, 6) is 1.95. The van der Waals surface area contributed by atoms with Gasteiger partial charge in [-0.15, -0.1) is 10.2 Å². The summed E-state index contributed by atoms with van der Waals surface area (Å²) in [6.45, 7) is 1.50. The van der Waals surface area contributed by atoms with Crippen molar-refractivity contribution < 1.29 is 0 Å². The smallest absolute Gasteiger partial charge is 0.133 e. The van der Waals surface area contributed by atoms with E-state index in [4.69, 9.17) is 5.73 Å². The first-order valence-corrected chi connectivity index (χ1v) is 4.97. The third-order valence-corrected chi connectivity index (χ3v) is 2.76. The van der Waals surface area contributed by atoms with Gasteiger partial charge in [-0.25, -0.2) is 0 Å². The second kappa shape index (κ2) is 3.87. The van der Waals surface area contributed by atoms with Gasteiger partial charge in [-0.2, -0.15) is 0 Å². The van der Waals surface area contributed by atoms with Gasteiger partial charge < -0.3 is 10.3 Å². The van der Waals surface area contributed by atoms with Gasteiger partial charge in [0.1, 0.15) is 12.2 Å². The second-order valence-electron chi connectivity index (χ2n) is 3.73. The summed E-state index contributed by atoms with van der Waals surface area (Å²) in [6, 6.07) is 0. The fraction of sp³-hybridized carbons (Fsp3) is 0.778. The number of aromatic nitrogens is 3. The van der Waals surface area contributed by atoms with E-state index >= 15 is 0 Å². The molecule has 0 atom stereocenters. The normalized spacial score (nSPS) is 17.3. The molecule has 0 amide bonds. The molecule has 1 aliphatic carbocycles. The second-order valence-corrected chi connectivity index (χ2v) is 3.73. The summed E-state index contributed by atoms with van der Waals surface area (Å²) in [4.78, 5) is 0. The molecule has 0 unspecified atom stereocenters. The molecule has 1 saturated carbocycles. The van der Waals surface area contributed by atoms with Crippen molar-refractivity contribution in [2.75, 3.05) is 6.54 Å². The summed E-state index contributed by atoms with van der Waals surface area (Å²) < 4.78 is 2.07. The van der Waals surface area contributed by atoms with Gasteiger partial charge in [0.05, 0.1) is 0 Å². The molecule has 1 fully saturated rings. The van der Waals surface area contributed by atoms with Gasteiger partial charge in [-0.1, -0.05) is 19.3 Å². The van der Waals surface area contributed by atoms with Crippen molar-refractivity contribution in [2.24, 2.45) is 11.7 Å². The molecule has 2 N–H and O–H groups in total. The summed E-state index contributed by atoms with van der Waals surface area (Å²) >= 11 is 0. The number of hydrogen-bond donors (Lipinski definition) is 1. The van der Waals surface area contributed by atoms with Crippen molar-refractivity contribution in [3.8, 4) is 0 Å². The molecule has 0 bridgehead atoms. The van der Waals surface area contributed by atoms with E-state index in [1.807, 2.05) is 0 Å². The van der Waals surface area contributed by atoms with E-state index in [-0.39, 0.29) is 0 Å². The van der Waals surface area contributed by atoms with Crippen LogP contribution < -0.4 is 5.73 Å². The minimum atomic E-state index is 0.662. The van der Waals surface area contributed by atoms with Crippen LogP contribution in [0.1, 0.15) is 25.1 Å². The molecular formula is C9H16N4. The maximum Gasteiger partial charge on any atom is 0.133 e. The lowest BCUT2D eigenvalue weighted by Gasteiger charge is -2.24. The monoisotopic (exact) mass is 180 g/mol. The summed E-state index contributed by atoms with van der Waals surface area (Å²) in [7, 11) is 0. The minimum absolute atomic E-state index is 0.662. The highest BCUT2D eigenvalue weighted by atomic mass is 15.3. The minimum Gasteiger partial charge on any atom is -0.329 e. The summed E-state index contributed by atoms with van der Waals surface area (Å²) in [5, 5.41) is 8.02. The first-order valence-electron chi connectivity index (χ1n) is 4.97. The molecule has 1 aliphatic rings. The third kappa shape index (κ3) is 1.88. The largest absolute Gasteiger partial charge is 0.329 e. The van der Waals surface area contributed by atoms with Crippen molar-refractivity contribution in [2.45, 2.75) is 32.2 Å². The van der Waals surface area contributed by atoms with Crippen LogP contribution in [0.5, 0.6) is 0 Å². The quantitative estimate of drug-likeness (QED) is 0.737. The van der Waals surface area contributed by atoms with Gasteiger partial charge in [0.25, 0.3) is 0 Å². The Morgan fingerprint density at radius 1 is 1.54 bits per heavy atom. The molecule has 0 aromatic carbocycles. The lowest BCUT2D eigenvalue weighted by molar-refractivity contribution is 0.305. The molecule has 2 rings (SSSR count). The van der Waals surface area contributed by atoms with Crippen LogP contribution in [0, 0.1) is 5.92 Å². The van der Waals surface area contributed by atoms with E-state index in [1.54, 1.807) is 6.33 Å². The van der Waals surface area contributed by atoms with Crippen LogP contribution in [0.2, 0.25) is 0 Å². The van der Waals surface area contributed by atoms with E-state index in [9.17, 15) is 0 Å². The Labute approximate surface area is 78.1 Å². The molecule has 1 aromatic rings. The molecule has 1 aromatic heterocycles. The number of hydrogen-bond acceptors (Lipinski definition) is 3. The number of nitrogens with zero attached hydrogens (tertiary/aromatic N) is 3. The predicted octanol–water partition coefficient (Wildman–Crippen LogP) is 0.579. The van der Waals surface area contributed by atoms with Crippen LogP contribution >= 0.6 is 0 Å². The lowest BCUT2D eigenvalue weighted by atomic mass is 9.83. The number of nitrogens with two attached hydrogens (primary N) is 1. The Hall–Kier alpha value is -0.900. The average molecular weight is 180 g/mol. The van der Waals surface area contributed by atoms with E-state index in [1.165, 1.54) is 19.3 Å². The SMILES string of the molecule is NCCn1cnnc1CC1CCC1. The fourth-order valence-corrected chi connectivity index (χ4v) is 1.72.